The highest BCUT2D eigenvalue weighted by atomic mass is 35.5. The number of carbonyl (C=O) groups is 1. The van der Waals surface area contributed by atoms with E-state index in [1.54, 1.807) is 6.07 Å². The number of hydrogen-bond donors (Lipinski definition) is 0. The predicted molar refractivity (Wildman–Crippen MR) is 88.3 cm³/mol. The first-order valence-corrected chi connectivity index (χ1v) is 7.25. The maximum absolute atomic E-state index is 12.9. The zero-order valence-corrected chi connectivity index (χ0v) is 12.7. The van der Waals surface area contributed by atoms with E-state index >= 15 is 0 Å². The van der Waals surface area contributed by atoms with Gasteiger partial charge in [-0.25, -0.2) is 0 Å². The van der Waals surface area contributed by atoms with Crippen molar-refractivity contribution in [2.45, 2.75) is 13.8 Å². The molecule has 0 fully saturated rings. The second-order valence-electron chi connectivity index (χ2n) is 5.29. The van der Waals surface area contributed by atoms with Gasteiger partial charge in [-0.1, -0.05) is 54.1 Å². The van der Waals surface area contributed by atoms with Crippen LogP contribution in [0, 0.1) is 13.8 Å². The molecule has 3 rings (SSSR count). The Hall–Kier alpha value is -2.12. The minimum atomic E-state index is -0.0192. The molecule has 3 aromatic rings. The van der Waals surface area contributed by atoms with E-state index in [1.807, 2.05) is 62.4 Å². The highest BCUT2D eigenvalue weighted by Crippen LogP contribution is 2.27. The van der Waals surface area contributed by atoms with E-state index in [0.29, 0.717) is 10.6 Å². The van der Waals surface area contributed by atoms with E-state index in [1.165, 1.54) is 0 Å². The molecule has 0 saturated heterocycles. The van der Waals surface area contributed by atoms with Gasteiger partial charge in [0.15, 0.2) is 5.78 Å². The summed E-state index contributed by atoms with van der Waals surface area (Å²) in [6, 6.07) is 17.5. The van der Waals surface area contributed by atoms with Crippen molar-refractivity contribution in [3.05, 3.63) is 81.9 Å². The Labute approximate surface area is 129 Å². The summed E-state index contributed by atoms with van der Waals surface area (Å²) >= 11 is 6.26. The van der Waals surface area contributed by atoms with Gasteiger partial charge in [-0.05, 0) is 47.9 Å². The standard InChI is InChI=1S/C19H15ClO/c1-12-7-10-16(17(20)11-12)19(21)18-13(2)8-9-14-5-3-4-6-15(14)18/h3-11H,1-2H3. The molecule has 2 heteroatoms. The molecule has 0 radical (unpaired) electrons. The molecular weight excluding hydrogens is 280 g/mol. The van der Waals surface area contributed by atoms with Gasteiger partial charge in [0.1, 0.15) is 0 Å². The van der Waals surface area contributed by atoms with E-state index in [0.717, 1.165) is 27.5 Å². The number of hydrogen-bond acceptors (Lipinski definition) is 1. The summed E-state index contributed by atoms with van der Waals surface area (Å²) < 4.78 is 0. The third-order valence-electron chi connectivity index (χ3n) is 3.73. The summed E-state index contributed by atoms with van der Waals surface area (Å²) in [5.41, 5.74) is 3.31. The monoisotopic (exact) mass is 294 g/mol. The number of rotatable bonds is 2. The Bertz CT molecular complexity index is 849. The van der Waals surface area contributed by atoms with Crippen LogP contribution in [0.4, 0.5) is 0 Å². The minimum Gasteiger partial charge on any atom is -0.289 e. The molecule has 0 amide bonds. The zero-order valence-electron chi connectivity index (χ0n) is 12.0. The molecule has 0 aliphatic rings. The maximum atomic E-state index is 12.9. The van der Waals surface area contributed by atoms with Gasteiger partial charge in [0.25, 0.3) is 0 Å². The van der Waals surface area contributed by atoms with E-state index < -0.39 is 0 Å². The van der Waals surface area contributed by atoms with Crippen LogP contribution in [0.2, 0.25) is 5.02 Å². The fraction of sp³-hybridized carbons (Fsp3) is 0.105. The summed E-state index contributed by atoms with van der Waals surface area (Å²) in [7, 11) is 0. The molecule has 0 heterocycles. The van der Waals surface area contributed by atoms with Crippen molar-refractivity contribution < 1.29 is 4.79 Å². The molecule has 0 aliphatic heterocycles. The highest BCUT2D eigenvalue weighted by molar-refractivity contribution is 6.35. The Morgan fingerprint density at radius 3 is 2.48 bits per heavy atom. The average Bonchev–Trinajstić information content (AvgIpc) is 2.46. The van der Waals surface area contributed by atoms with E-state index in [-0.39, 0.29) is 5.78 Å². The van der Waals surface area contributed by atoms with E-state index in [2.05, 4.69) is 0 Å². The van der Waals surface area contributed by atoms with E-state index in [4.69, 9.17) is 11.6 Å². The second kappa shape index (κ2) is 5.34. The first kappa shape index (κ1) is 13.8. The molecule has 3 aromatic carbocycles. The molecule has 0 atom stereocenters. The molecule has 0 aromatic heterocycles. The van der Waals surface area contributed by atoms with Crippen molar-refractivity contribution in [2.75, 3.05) is 0 Å². The molecule has 0 N–H and O–H groups in total. The average molecular weight is 295 g/mol. The molecular formula is C19H15ClO. The number of carbonyl (C=O) groups excluding carboxylic acids is 1. The largest absolute Gasteiger partial charge is 0.289 e. The van der Waals surface area contributed by atoms with Crippen LogP contribution < -0.4 is 0 Å². The number of aryl methyl sites for hydroxylation is 2. The van der Waals surface area contributed by atoms with Gasteiger partial charge in [0.05, 0.1) is 5.02 Å². The van der Waals surface area contributed by atoms with Gasteiger partial charge >= 0.3 is 0 Å². The Balaban J connectivity index is 2.24. The van der Waals surface area contributed by atoms with Crippen LogP contribution in [0.15, 0.2) is 54.6 Å². The Morgan fingerprint density at radius 1 is 0.952 bits per heavy atom. The lowest BCUT2D eigenvalue weighted by atomic mass is 9.93. The number of fused-ring (bicyclic) bond motifs is 1. The topological polar surface area (TPSA) is 17.1 Å². The van der Waals surface area contributed by atoms with Gasteiger partial charge in [0.2, 0.25) is 0 Å². The first-order chi connectivity index (χ1) is 10.1. The summed E-state index contributed by atoms with van der Waals surface area (Å²) in [6.07, 6.45) is 0. The van der Waals surface area contributed by atoms with Gasteiger partial charge < -0.3 is 0 Å². The van der Waals surface area contributed by atoms with Crippen molar-refractivity contribution in [2.24, 2.45) is 0 Å². The molecule has 0 spiro atoms. The van der Waals surface area contributed by atoms with Crippen molar-refractivity contribution >= 4 is 28.2 Å². The van der Waals surface area contributed by atoms with E-state index in [9.17, 15) is 4.79 Å². The smallest absolute Gasteiger partial charge is 0.195 e. The lowest BCUT2D eigenvalue weighted by molar-refractivity contribution is 0.104. The van der Waals surface area contributed by atoms with Crippen molar-refractivity contribution in [1.29, 1.82) is 0 Å². The molecule has 0 unspecified atom stereocenters. The SMILES string of the molecule is Cc1ccc(C(=O)c2c(C)ccc3ccccc23)c(Cl)c1. The zero-order chi connectivity index (χ0) is 15.0. The quantitative estimate of drug-likeness (QED) is 0.583. The summed E-state index contributed by atoms with van der Waals surface area (Å²) in [5, 5.41) is 2.54. The molecule has 0 bridgehead atoms. The van der Waals surface area contributed by atoms with Crippen molar-refractivity contribution in [3.8, 4) is 0 Å². The van der Waals surface area contributed by atoms with Crippen LogP contribution in [0.25, 0.3) is 10.8 Å². The Kier molecular flexibility index (Phi) is 3.52. The molecule has 0 aliphatic carbocycles. The van der Waals surface area contributed by atoms with Crippen LogP contribution in [0.1, 0.15) is 27.0 Å². The molecule has 1 nitrogen and oxygen atoms in total. The van der Waals surface area contributed by atoms with Gasteiger partial charge in [-0.15, -0.1) is 0 Å². The highest BCUT2D eigenvalue weighted by Gasteiger charge is 2.17. The normalized spacial score (nSPS) is 10.8. The van der Waals surface area contributed by atoms with Gasteiger partial charge in [-0.3, -0.25) is 4.79 Å². The predicted octanol–water partition coefficient (Wildman–Crippen LogP) is 5.34. The summed E-state index contributed by atoms with van der Waals surface area (Å²) in [4.78, 5) is 12.9. The summed E-state index contributed by atoms with van der Waals surface area (Å²) in [5.74, 6) is -0.0192. The lowest BCUT2D eigenvalue weighted by Crippen LogP contribution is -2.05. The summed E-state index contributed by atoms with van der Waals surface area (Å²) in [6.45, 7) is 3.92. The van der Waals surface area contributed by atoms with Crippen molar-refractivity contribution in [3.63, 3.8) is 0 Å². The van der Waals surface area contributed by atoms with Crippen LogP contribution in [-0.4, -0.2) is 5.78 Å². The second-order valence-corrected chi connectivity index (χ2v) is 5.70. The maximum Gasteiger partial charge on any atom is 0.195 e. The minimum absolute atomic E-state index is 0.0192. The van der Waals surface area contributed by atoms with Crippen LogP contribution in [0.5, 0.6) is 0 Å². The molecule has 0 saturated carbocycles. The fourth-order valence-corrected chi connectivity index (χ4v) is 2.94. The number of benzene rings is 3. The molecule has 104 valence electrons. The fourth-order valence-electron chi connectivity index (χ4n) is 2.62. The lowest BCUT2D eigenvalue weighted by Gasteiger charge is -2.11. The van der Waals surface area contributed by atoms with Crippen LogP contribution in [-0.2, 0) is 0 Å². The number of ketones is 1. The molecule has 21 heavy (non-hydrogen) atoms. The van der Waals surface area contributed by atoms with Crippen molar-refractivity contribution in [1.82, 2.24) is 0 Å². The van der Waals surface area contributed by atoms with Gasteiger partial charge in [0, 0.05) is 11.1 Å². The Morgan fingerprint density at radius 2 is 1.71 bits per heavy atom. The van der Waals surface area contributed by atoms with Crippen LogP contribution >= 0.6 is 11.6 Å². The number of halogens is 1. The van der Waals surface area contributed by atoms with Gasteiger partial charge in [-0.2, -0.15) is 0 Å². The van der Waals surface area contributed by atoms with Crippen LogP contribution in [0.3, 0.4) is 0 Å². The third kappa shape index (κ3) is 2.45. The first-order valence-electron chi connectivity index (χ1n) is 6.87. The third-order valence-corrected chi connectivity index (χ3v) is 4.05.